The molecule has 9 heteroatoms. The van der Waals surface area contributed by atoms with Gasteiger partial charge in [0.15, 0.2) is 5.72 Å². The molecule has 2 aromatic carbocycles. The average molecular weight is 467 g/mol. The smallest absolute Gasteiger partial charge is 0.433 e. The number of H-pyrrole nitrogens is 1. The number of fused-ring (bicyclic) bond motifs is 1. The monoisotopic (exact) mass is 467 g/mol. The summed E-state index contributed by atoms with van der Waals surface area (Å²) in [5.41, 5.74) is 7.25. The molecule has 174 valence electrons. The maximum absolute atomic E-state index is 12.7. The van der Waals surface area contributed by atoms with Gasteiger partial charge in [-0.05, 0) is 17.7 Å². The van der Waals surface area contributed by atoms with E-state index in [4.69, 9.17) is 5.73 Å². The van der Waals surface area contributed by atoms with Gasteiger partial charge >= 0.3 is 12.1 Å². The molecule has 0 fully saturated rings. The van der Waals surface area contributed by atoms with Gasteiger partial charge in [0.05, 0.1) is 16.6 Å². The maximum Gasteiger partial charge on any atom is 0.491 e. The number of nitrogens with two attached hydrogens (primary N) is 1. The van der Waals surface area contributed by atoms with Gasteiger partial charge < -0.3 is 9.72 Å². The fraction of sp³-hybridized carbons (Fsp3) is 0.160. The molecule has 2 aromatic heterocycles. The number of hydrogen-bond acceptors (Lipinski definition) is 5. The van der Waals surface area contributed by atoms with E-state index in [9.17, 15) is 22.8 Å². The summed E-state index contributed by atoms with van der Waals surface area (Å²) < 4.78 is 42.8. The minimum atomic E-state index is -5.16. The van der Waals surface area contributed by atoms with Gasteiger partial charge in [-0.1, -0.05) is 61.5 Å². The minimum absolute atomic E-state index is 0.0690. The van der Waals surface area contributed by atoms with Crippen molar-refractivity contribution in [2.24, 2.45) is 5.73 Å². The number of nitrogens with zero attached hydrogens (tertiary/aromatic N) is 1. The number of aromatic nitrogens is 2. The highest BCUT2D eigenvalue weighted by Gasteiger charge is 2.45. The minimum Gasteiger partial charge on any atom is -0.433 e. The van der Waals surface area contributed by atoms with Crippen LogP contribution < -0.4 is 11.3 Å². The second-order valence-electron chi connectivity index (χ2n) is 7.70. The number of esters is 1. The second-order valence-corrected chi connectivity index (χ2v) is 7.70. The number of alkyl halides is 3. The molecule has 0 aliphatic carbocycles. The SMILES string of the molecule is CCC(N)(OC(=O)C(F)(F)F)c1ccc(-c2nc3cc[nH]c(=O)c3cc2-c2ccccc2)cc1. The highest BCUT2D eigenvalue weighted by Crippen LogP contribution is 2.34. The van der Waals surface area contributed by atoms with Crippen LogP contribution in [-0.2, 0) is 15.3 Å². The molecule has 0 spiro atoms. The van der Waals surface area contributed by atoms with Crippen molar-refractivity contribution >= 4 is 16.9 Å². The van der Waals surface area contributed by atoms with Crippen LogP contribution in [0.5, 0.6) is 0 Å². The number of carbonyl (C=O) groups is 1. The summed E-state index contributed by atoms with van der Waals surface area (Å²) in [5.74, 6) is -2.35. The zero-order valence-electron chi connectivity index (χ0n) is 18.0. The zero-order valence-corrected chi connectivity index (χ0v) is 18.0. The van der Waals surface area contributed by atoms with Crippen LogP contribution in [-0.4, -0.2) is 22.1 Å². The van der Waals surface area contributed by atoms with Crippen molar-refractivity contribution in [2.45, 2.75) is 25.2 Å². The third-order valence-corrected chi connectivity index (χ3v) is 5.52. The van der Waals surface area contributed by atoms with Crippen molar-refractivity contribution in [3.63, 3.8) is 0 Å². The van der Waals surface area contributed by atoms with E-state index in [2.05, 4.69) is 14.7 Å². The van der Waals surface area contributed by atoms with Gasteiger partial charge in [-0.15, -0.1) is 0 Å². The third kappa shape index (κ3) is 4.42. The van der Waals surface area contributed by atoms with Crippen LogP contribution in [0, 0.1) is 0 Å². The predicted octanol–water partition coefficient (Wildman–Crippen LogP) is 4.88. The molecule has 0 bridgehead atoms. The third-order valence-electron chi connectivity index (χ3n) is 5.52. The van der Waals surface area contributed by atoms with Crippen LogP contribution in [0.1, 0.15) is 18.9 Å². The second kappa shape index (κ2) is 8.75. The summed E-state index contributed by atoms with van der Waals surface area (Å²) in [6.45, 7) is 1.52. The lowest BCUT2D eigenvalue weighted by Crippen LogP contribution is -2.44. The van der Waals surface area contributed by atoms with Crippen LogP contribution in [0.4, 0.5) is 13.2 Å². The molecule has 1 atom stereocenters. The van der Waals surface area contributed by atoms with Crippen molar-refractivity contribution in [2.75, 3.05) is 0 Å². The molecule has 34 heavy (non-hydrogen) atoms. The topological polar surface area (TPSA) is 98.1 Å². The van der Waals surface area contributed by atoms with Gasteiger partial charge in [0.25, 0.3) is 5.56 Å². The van der Waals surface area contributed by atoms with E-state index in [1.54, 1.807) is 24.3 Å². The first-order chi connectivity index (χ1) is 16.1. The van der Waals surface area contributed by atoms with E-state index in [1.807, 2.05) is 30.3 Å². The van der Waals surface area contributed by atoms with Crippen LogP contribution in [0.25, 0.3) is 33.3 Å². The summed E-state index contributed by atoms with van der Waals surface area (Å²) >= 11 is 0. The number of rotatable bonds is 5. The van der Waals surface area contributed by atoms with Crippen molar-refractivity contribution < 1.29 is 22.7 Å². The van der Waals surface area contributed by atoms with Crippen molar-refractivity contribution in [3.8, 4) is 22.4 Å². The quantitative estimate of drug-likeness (QED) is 0.322. The molecule has 1 unspecified atom stereocenters. The number of carbonyl (C=O) groups excluding carboxylic acids is 1. The first-order valence-corrected chi connectivity index (χ1v) is 10.4. The molecule has 6 nitrogen and oxygen atoms in total. The zero-order chi connectivity index (χ0) is 24.5. The van der Waals surface area contributed by atoms with Gasteiger partial charge in [0.2, 0.25) is 0 Å². The van der Waals surface area contributed by atoms with Crippen LogP contribution in [0.15, 0.2) is 77.7 Å². The lowest BCUT2D eigenvalue weighted by molar-refractivity contribution is -0.215. The Balaban J connectivity index is 1.81. The van der Waals surface area contributed by atoms with Gasteiger partial charge in [-0.25, -0.2) is 9.78 Å². The number of benzene rings is 2. The Morgan fingerprint density at radius 2 is 1.71 bits per heavy atom. The summed E-state index contributed by atoms with van der Waals surface area (Å²) in [6.07, 6.45) is -3.72. The Hall–Kier alpha value is -3.98. The molecule has 4 rings (SSSR count). The van der Waals surface area contributed by atoms with Crippen LogP contribution in [0.2, 0.25) is 0 Å². The molecule has 0 aliphatic rings. The molecule has 4 aromatic rings. The van der Waals surface area contributed by atoms with E-state index in [1.165, 1.54) is 25.3 Å². The number of aromatic amines is 1. The number of halogens is 3. The normalized spacial score (nSPS) is 13.4. The Labute approximate surface area is 192 Å². The molecule has 0 saturated carbocycles. The molecule has 2 heterocycles. The van der Waals surface area contributed by atoms with E-state index in [-0.39, 0.29) is 17.5 Å². The lowest BCUT2D eigenvalue weighted by atomic mass is 9.95. The summed E-state index contributed by atoms with van der Waals surface area (Å²) in [7, 11) is 0. The highest BCUT2D eigenvalue weighted by atomic mass is 19.4. The van der Waals surface area contributed by atoms with Gasteiger partial charge in [-0.3, -0.25) is 10.5 Å². The fourth-order valence-electron chi connectivity index (χ4n) is 3.64. The van der Waals surface area contributed by atoms with E-state index in [0.29, 0.717) is 27.7 Å². The van der Waals surface area contributed by atoms with Crippen molar-refractivity contribution in [3.05, 3.63) is 88.8 Å². The largest absolute Gasteiger partial charge is 0.491 e. The van der Waals surface area contributed by atoms with Gasteiger partial charge in [0, 0.05) is 29.3 Å². The predicted molar refractivity (Wildman–Crippen MR) is 122 cm³/mol. The van der Waals surface area contributed by atoms with E-state index < -0.39 is 17.9 Å². The van der Waals surface area contributed by atoms with Crippen molar-refractivity contribution in [1.82, 2.24) is 9.97 Å². The summed E-state index contributed by atoms with van der Waals surface area (Å²) in [6, 6.07) is 19.1. The summed E-state index contributed by atoms with van der Waals surface area (Å²) in [4.78, 5) is 31.0. The van der Waals surface area contributed by atoms with Gasteiger partial charge in [-0.2, -0.15) is 13.2 Å². The first kappa shape index (κ1) is 23.2. The Kier molecular flexibility index (Phi) is 5.97. The Morgan fingerprint density at radius 1 is 1.03 bits per heavy atom. The highest BCUT2D eigenvalue weighted by molar-refractivity contribution is 5.91. The Bertz CT molecular complexity index is 1400. The maximum atomic E-state index is 12.7. The Morgan fingerprint density at radius 3 is 2.32 bits per heavy atom. The van der Waals surface area contributed by atoms with Crippen LogP contribution in [0.3, 0.4) is 0 Å². The molecule has 0 amide bonds. The first-order valence-electron chi connectivity index (χ1n) is 10.4. The molecular weight excluding hydrogens is 447 g/mol. The number of ether oxygens (including phenoxy) is 1. The summed E-state index contributed by atoms with van der Waals surface area (Å²) in [5, 5.41) is 0.424. The number of pyridine rings is 2. The van der Waals surface area contributed by atoms with Gasteiger partial charge in [0.1, 0.15) is 0 Å². The molecule has 0 radical (unpaired) electrons. The lowest BCUT2D eigenvalue weighted by Gasteiger charge is -2.29. The van der Waals surface area contributed by atoms with E-state index >= 15 is 0 Å². The molecular formula is C25H20F3N3O3. The average Bonchev–Trinajstić information content (AvgIpc) is 2.83. The number of nitrogens with one attached hydrogen (secondary N) is 1. The van der Waals surface area contributed by atoms with Crippen LogP contribution >= 0.6 is 0 Å². The van der Waals surface area contributed by atoms with E-state index in [0.717, 1.165) is 5.56 Å². The number of hydrogen-bond donors (Lipinski definition) is 2. The van der Waals surface area contributed by atoms with Crippen molar-refractivity contribution in [1.29, 1.82) is 0 Å². The molecule has 0 aliphatic heterocycles. The molecule has 0 saturated heterocycles. The fourth-order valence-corrected chi connectivity index (χ4v) is 3.64. The molecule has 3 N–H and O–H groups in total. The standard InChI is InChI=1S/C25H20F3N3O3/c1-2-24(29,34-23(33)25(26,27)28)17-10-8-16(9-11-17)21-18(15-6-4-3-5-7-15)14-19-20(31-21)12-13-30-22(19)32/h3-14H,2,29H2,1H3,(H,30,32).